The van der Waals surface area contributed by atoms with Crippen molar-refractivity contribution < 1.29 is 9.59 Å². The van der Waals surface area contributed by atoms with Crippen LogP contribution in [0.3, 0.4) is 0 Å². The molecule has 0 spiro atoms. The fraction of sp³-hybridized carbons (Fsp3) is 0.750. The van der Waals surface area contributed by atoms with Crippen LogP contribution in [0.1, 0.15) is 12.8 Å². The van der Waals surface area contributed by atoms with E-state index in [1.54, 1.807) is 0 Å². The zero-order chi connectivity index (χ0) is 9.84. The molecular formula is C8H15N3O2. The average molecular weight is 185 g/mol. The minimum atomic E-state index is -0.457. The Kier molecular flexibility index (Phi) is 3.25. The Bertz CT molecular complexity index is 217. The van der Waals surface area contributed by atoms with E-state index in [1.165, 1.54) is 4.90 Å². The SMILES string of the molecule is NCCC1CCN(CC(N)=O)C1=O. The second-order valence-electron chi connectivity index (χ2n) is 3.29. The van der Waals surface area contributed by atoms with E-state index in [4.69, 9.17) is 11.5 Å². The third kappa shape index (κ3) is 2.42. The number of amides is 2. The molecule has 0 radical (unpaired) electrons. The maximum Gasteiger partial charge on any atom is 0.237 e. The van der Waals surface area contributed by atoms with Gasteiger partial charge < -0.3 is 16.4 Å². The molecule has 0 bridgehead atoms. The number of rotatable bonds is 4. The van der Waals surface area contributed by atoms with Crippen molar-refractivity contribution in [1.29, 1.82) is 0 Å². The molecule has 1 saturated heterocycles. The van der Waals surface area contributed by atoms with Crippen molar-refractivity contribution in [3.63, 3.8) is 0 Å². The number of nitrogens with zero attached hydrogens (tertiary/aromatic N) is 1. The first-order valence-electron chi connectivity index (χ1n) is 4.42. The lowest BCUT2D eigenvalue weighted by atomic mass is 10.0. The van der Waals surface area contributed by atoms with Gasteiger partial charge in [-0.2, -0.15) is 0 Å². The van der Waals surface area contributed by atoms with Gasteiger partial charge in [-0.05, 0) is 19.4 Å². The monoisotopic (exact) mass is 185 g/mol. The Morgan fingerprint density at radius 3 is 2.85 bits per heavy atom. The van der Waals surface area contributed by atoms with Gasteiger partial charge in [0.2, 0.25) is 11.8 Å². The van der Waals surface area contributed by atoms with E-state index < -0.39 is 5.91 Å². The maximum absolute atomic E-state index is 11.5. The van der Waals surface area contributed by atoms with Crippen molar-refractivity contribution in [2.24, 2.45) is 17.4 Å². The van der Waals surface area contributed by atoms with E-state index in [0.717, 1.165) is 6.42 Å². The smallest absolute Gasteiger partial charge is 0.237 e. The first kappa shape index (κ1) is 9.98. The van der Waals surface area contributed by atoms with Crippen LogP contribution in [-0.2, 0) is 9.59 Å². The van der Waals surface area contributed by atoms with Crippen molar-refractivity contribution in [1.82, 2.24) is 4.90 Å². The van der Waals surface area contributed by atoms with Crippen LogP contribution in [0.2, 0.25) is 0 Å². The highest BCUT2D eigenvalue weighted by molar-refractivity contribution is 5.86. The molecular weight excluding hydrogens is 170 g/mol. The Morgan fingerprint density at radius 1 is 1.62 bits per heavy atom. The molecule has 1 fully saturated rings. The number of primary amides is 1. The highest BCUT2D eigenvalue weighted by Gasteiger charge is 2.31. The van der Waals surface area contributed by atoms with Gasteiger partial charge in [0.05, 0.1) is 6.54 Å². The Labute approximate surface area is 77.1 Å². The van der Waals surface area contributed by atoms with E-state index in [0.29, 0.717) is 19.5 Å². The van der Waals surface area contributed by atoms with Crippen LogP contribution in [0.4, 0.5) is 0 Å². The molecule has 1 aliphatic rings. The highest BCUT2D eigenvalue weighted by atomic mass is 16.2. The van der Waals surface area contributed by atoms with E-state index in [2.05, 4.69) is 0 Å². The topological polar surface area (TPSA) is 89.4 Å². The second kappa shape index (κ2) is 4.23. The summed E-state index contributed by atoms with van der Waals surface area (Å²) < 4.78 is 0. The van der Waals surface area contributed by atoms with E-state index in [9.17, 15) is 9.59 Å². The predicted octanol–water partition coefficient (Wildman–Crippen LogP) is -1.33. The number of carbonyl (C=O) groups is 2. The number of likely N-dealkylation sites (tertiary alicyclic amines) is 1. The van der Waals surface area contributed by atoms with Crippen molar-refractivity contribution in [2.75, 3.05) is 19.6 Å². The first-order chi connectivity index (χ1) is 6.15. The molecule has 0 aromatic rings. The van der Waals surface area contributed by atoms with Gasteiger partial charge in [-0.3, -0.25) is 9.59 Å². The van der Waals surface area contributed by atoms with Crippen LogP contribution in [0.25, 0.3) is 0 Å². The van der Waals surface area contributed by atoms with Gasteiger partial charge in [0, 0.05) is 12.5 Å². The standard InChI is InChI=1S/C8H15N3O2/c9-3-1-6-2-4-11(8(6)13)5-7(10)12/h6H,1-5,9H2,(H2,10,12). The molecule has 5 heteroatoms. The van der Waals surface area contributed by atoms with E-state index in [1.807, 2.05) is 0 Å². The van der Waals surface area contributed by atoms with Gasteiger partial charge in [-0.1, -0.05) is 0 Å². The summed E-state index contributed by atoms with van der Waals surface area (Å²) in [5, 5.41) is 0. The third-order valence-corrected chi connectivity index (χ3v) is 2.27. The largest absolute Gasteiger partial charge is 0.368 e. The summed E-state index contributed by atoms with van der Waals surface area (Å²) in [5.74, 6) is -0.435. The summed E-state index contributed by atoms with van der Waals surface area (Å²) in [6, 6.07) is 0. The fourth-order valence-corrected chi connectivity index (χ4v) is 1.62. The number of carbonyl (C=O) groups excluding carboxylic acids is 2. The molecule has 0 aromatic carbocycles. The Morgan fingerprint density at radius 2 is 2.31 bits per heavy atom. The summed E-state index contributed by atoms with van der Waals surface area (Å²) in [4.78, 5) is 23.6. The van der Waals surface area contributed by atoms with Gasteiger partial charge in [0.15, 0.2) is 0 Å². The van der Waals surface area contributed by atoms with Crippen LogP contribution < -0.4 is 11.5 Å². The molecule has 0 saturated carbocycles. The molecule has 0 aliphatic carbocycles. The molecule has 5 nitrogen and oxygen atoms in total. The molecule has 1 rings (SSSR count). The number of hydrogen-bond donors (Lipinski definition) is 2. The lowest BCUT2D eigenvalue weighted by Crippen LogP contribution is -2.36. The molecule has 2 amide bonds. The lowest BCUT2D eigenvalue weighted by molar-refractivity contribution is -0.134. The van der Waals surface area contributed by atoms with Crippen molar-refractivity contribution >= 4 is 11.8 Å². The third-order valence-electron chi connectivity index (χ3n) is 2.27. The quantitative estimate of drug-likeness (QED) is 0.568. The minimum absolute atomic E-state index is 0.00403. The summed E-state index contributed by atoms with van der Waals surface area (Å²) in [7, 11) is 0. The summed E-state index contributed by atoms with van der Waals surface area (Å²) in [6.07, 6.45) is 1.50. The zero-order valence-electron chi connectivity index (χ0n) is 7.53. The van der Waals surface area contributed by atoms with Gasteiger partial charge in [-0.15, -0.1) is 0 Å². The van der Waals surface area contributed by atoms with Crippen molar-refractivity contribution in [3.05, 3.63) is 0 Å². The first-order valence-corrected chi connectivity index (χ1v) is 4.42. The summed E-state index contributed by atoms with van der Waals surface area (Å²) in [6.45, 7) is 1.19. The molecule has 4 N–H and O–H groups in total. The van der Waals surface area contributed by atoms with Crippen LogP contribution in [0, 0.1) is 5.92 Å². The zero-order valence-corrected chi connectivity index (χ0v) is 7.53. The van der Waals surface area contributed by atoms with E-state index >= 15 is 0 Å². The van der Waals surface area contributed by atoms with Crippen molar-refractivity contribution in [2.45, 2.75) is 12.8 Å². The van der Waals surface area contributed by atoms with Gasteiger partial charge in [0.25, 0.3) is 0 Å². The maximum atomic E-state index is 11.5. The minimum Gasteiger partial charge on any atom is -0.368 e. The highest BCUT2D eigenvalue weighted by Crippen LogP contribution is 2.19. The molecule has 1 aliphatic heterocycles. The second-order valence-corrected chi connectivity index (χ2v) is 3.29. The average Bonchev–Trinajstić information content (AvgIpc) is 2.36. The van der Waals surface area contributed by atoms with Crippen LogP contribution in [0.15, 0.2) is 0 Å². The molecule has 1 atom stereocenters. The Hall–Kier alpha value is -1.10. The molecule has 1 unspecified atom stereocenters. The molecule has 1 heterocycles. The van der Waals surface area contributed by atoms with Crippen molar-refractivity contribution in [3.8, 4) is 0 Å². The van der Waals surface area contributed by atoms with Gasteiger partial charge in [0.1, 0.15) is 0 Å². The number of hydrogen-bond acceptors (Lipinski definition) is 3. The number of nitrogens with two attached hydrogens (primary N) is 2. The lowest BCUT2D eigenvalue weighted by Gasteiger charge is -2.13. The summed E-state index contributed by atoms with van der Waals surface area (Å²) >= 11 is 0. The fourth-order valence-electron chi connectivity index (χ4n) is 1.62. The molecule has 74 valence electrons. The predicted molar refractivity (Wildman–Crippen MR) is 47.6 cm³/mol. The Balaban J connectivity index is 2.45. The van der Waals surface area contributed by atoms with E-state index in [-0.39, 0.29) is 18.4 Å². The normalized spacial score (nSPS) is 22.4. The molecule has 0 aromatic heterocycles. The van der Waals surface area contributed by atoms with Gasteiger partial charge in [-0.25, -0.2) is 0 Å². The molecule has 13 heavy (non-hydrogen) atoms. The summed E-state index contributed by atoms with van der Waals surface area (Å²) in [5.41, 5.74) is 10.4. The van der Waals surface area contributed by atoms with Crippen LogP contribution >= 0.6 is 0 Å². The van der Waals surface area contributed by atoms with Crippen LogP contribution in [-0.4, -0.2) is 36.3 Å². The van der Waals surface area contributed by atoms with Crippen LogP contribution in [0.5, 0.6) is 0 Å². The van der Waals surface area contributed by atoms with Gasteiger partial charge >= 0.3 is 0 Å².